The van der Waals surface area contributed by atoms with E-state index in [1.807, 2.05) is 30.9 Å². The first-order valence-corrected chi connectivity index (χ1v) is 14.5. The highest BCUT2D eigenvalue weighted by molar-refractivity contribution is 6.33. The number of nitrogens with one attached hydrogen (secondary N) is 2. The number of urea groups is 1. The monoisotopic (exact) mass is 619 g/mol. The molecular weight excluding hydrogens is 587 g/mol. The fourth-order valence-corrected chi connectivity index (χ4v) is 5.58. The van der Waals surface area contributed by atoms with Crippen LogP contribution in [0.3, 0.4) is 0 Å². The normalized spacial score (nSPS) is 17.9. The molecule has 230 valence electrons. The average Bonchev–Trinajstić information content (AvgIpc) is 3.29. The SMILES string of the molecule is Cc1cccc(Cl)c1NC(=O)N1CCCN(c2ccc(NC(=O)c3oc(N4CCCC(C)C4)nc3C(F)(F)F)cn2)CC1. The van der Waals surface area contributed by atoms with Gasteiger partial charge in [-0.2, -0.15) is 18.2 Å². The summed E-state index contributed by atoms with van der Waals surface area (Å²) in [5, 5.41) is 5.82. The molecule has 0 saturated carbocycles. The summed E-state index contributed by atoms with van der Waals surface area (Å²) in [6.45, 7) is 7.02. The van der Waals surface area contributed by atoms with Crippen molar-refractivity contribution in [1.29, 1.82) is 0 Å². The zero-order valence-electron chi connectivity index (χ0n) is 23.9. The number of carbonyl (C=O) groups is 2. The molecule has 0 radical (unpaired) electrons. The minimum absolute atomic E-state index is 0.205. The quantitative estimate of drug-likeness (QED) is 0.346. The van der Waals surface area contributed by atoms with Gasteiger partial charge in [0.25, 0.3) is 11.9 Å². The molecule has 2 fully saturated rings. The first-order chi connectivity index (χ1) is 20.5. The summed E-state index contributed by atoms with van der Waals surface area (Å²) in [6, 6.07) is 8.20. The van der Waals surface area contributed by atoms with Gasteiger partial charge in [0, 0.05) is 39.3 Å². The van der Waals surface area contributed by atoms with E-state index >= 15 is 0 Å². The van der Waals surface area contributed by atoms with Gasteiger partial charge in [0.1, 0.15) is 5.82 Å². The Morgan fingerprint density at radius 2 is 1.81 bits per heavy atom. The molecular formula is C29H33ClF3N7O3. The summed E-state index contributed by atoms with van der Waals surface area (Å²) in [5.74, 6) is -1.06. The van der Waals surface area contributed by atoms with E-state index in [0.717, 1.165) is 18.4 Å². The highest BCUT2D eigenvalue weighted by Gasteiger charge is 2.42. The lowest BCUT2D eigenvalue weighted by molar-refractivity contribution is -0.141. The van der Waals surface area contributed by atoms with Crippen LogP contribution in [0.5, 0.6) is 0 Å². The standard InChI is InChI=1S/C29H33ClF3N7O3/c1-18-6-4-11-40(17-18)28-37-25(29(31,32)33)24(43-28)26(41)35-20-9-10-22(34-16-20)38-12-5-13-39(15-14-38)27(42)36-23-19(2)7-3-8-21(23)30/h3,7-10,16,18H,4-6,11-15,17H2,1-2H3,(H,35,41)(H,36,42). The topological polar surface area (TPSA) is 107 Å². The average molecular weight is 620 g/mol. The molecule has 43 heavy (non-hydrogen) atoms. The van der Waals surface area contributed by atoms with Crippen LogP contribution in [0.1, 0.15) is 48.0 Å². The highest BCUT2D eigenvalue weighted by Crippen LogP contribution is 2.35. The van der Waals surface area contributed by atoms with Gasteiger partial charge in [-0.15, -0.1) is 0 Å². The summed E-state index contributed by atoms with van der Waals surface area (Å²) >= 11 is 6.26. The van der Waals surface area contributed by atoms with Gasteiger partial charge in [-0.1, -0.05) is 30.7 Å². The van der Waals surface area contributed by atoms with Crippen molar-refractivity contribution in [2.75, 3.05) is 59.7 Å². The summed E-state index contributed by atoms with van der Waals surface area (Å²) in [6.07, 6.45) is -1.02. The van der Waals surface area contributed by atoms with Gasteiger partial charge in [-0.05, 0) is 55.9 Å². The van der Waals surface area contributed by atoms with Crippen molar-refractivity contribution in [3.63, 3.8) is 0 Å². The number of carbonyl (C=O) groups excluding carboxylic acids is 2. The molecule has 14 heteroatoms. The van der Waals surface area contributed by atoms with E-state index in [9.17, 15) is 22.8 Å². The van der Waals surface area contributed by atoms with Crippen LogP contribution < -0.4 is 20.4 Å². The Labute approximate surface area is 252 Å². The minimum Gasteiger partial charge on any atom is -0.417 e. The largest absolute Gasteiger partial charge is 0.437 e. The number of para-hydroxylation sites is 1. The summed E-state index contributed by atoms with van der Waals surface area (Å²) in [4.78, 5) is 39.2. The Hall–Kier alpha value is -4.00. The number of halogens is 4. The smallest absolute Gasteiger partial charge is 0.417 e. The van der Waals surface area contributed by atoms with Crippen LogP contribution in [-0.2, 0) is 6.18 Å². The van der Waals surface area contributed by atoms with Crippen molar-refractivity contribution in [1.82, 2.24) is 14.9 Å². The molecule has 0 spiro atoms. The molecule has 2 aliphatic heterocycles. The third kappa shape index (κ3) is 7.15. The number of hydrogen-bond donors (Lipinski definition) is 2. The van der Waals surface area contributed by atoms with Crippen molar-refractivity contribution >= 4 is 46.7 Å². The van der Waals surface area contributed by atoms with E-state index in [1.54, 1.807) is 28.0 Å². The molecule has 10 nitrogen and oxygen atoms in total. The van der Waals surface area contributed by atoms with Crippen molar-refractivity contribution in [3.8, 4) is 0 Å². The van der Waals surface area contributed by atoms with E-state index in [-0.39, 0.29) is 23.7 Å². The van der Waals surface area contributed by atoms with Crippen LogP contribution in [0.2, 0.25) is 5.02 Å². The first-order valence-electron chi connectivity index (χ1n) is 14.2. The zero-order chi connectivity index (χ0) is 30.7. The van der Waals surface area contributed by atoms with E-state index in [1.165, 1.54) is 6.20 Å². The number of anilines is 4. The number of amides is 3. The lowest BCUT2D eigenvalue weighted by Gasteiger charge is -2.29. The first kappa shape index (κ1) is 30.5. The zero-order valence-corrected chi connectivity index (χ0v) is 24.6. The maximum absolute atomic E-state index is 13.7. The van der Waals surface area contributed by atoms with Crippen molar-refractivity contribution in [2.24, 2.45) is 5.92 Å². The van der Waals surface area contributed by atoms with Gasteiger partial charge >= 0.3 is 12.2 Å². The lowest BCUT2D eigenvalue weighted by Crippen LogP contribution is -2.38. The second-order valence-corrected chi connectivity index (χ2v) is 11.3. The van der Waals surface area contributed by atoms with Crippen LogP contribution in [0, 0.1) is 12.8 Å². The Balaban J connectivity index is 1.22. The van der Waals surface area contributed by atoms with Gasteiger partial charge in [-0.25, -0.2) is 9.78 Å². The number of nitrogens with zero attached hydrogens (tertiary/aromatic N) is 5. The van der Waals surface area contributed by atoms with Crippen LogP contribution in [0.15, 0.2) is 40.9 Å². The van der Waals surface area contributed by atoms with Gasteiger partial charge in [0.2, 0.25) is 5.76 Å². The van der Waals surface area contributed by atoms with Gasteiger partial charge < -0.3 is 29.8 Å². The summed E-state index contributed by atoms with van der Waals surface area (Å²) in [5.41, 5.74) is 0.297. The predicted molar refractivity (Wildman–Crippen MR) is 158 cm³/mol. The molecule has 2 aliphatic rings. The Bertz CT molecular complexity index is 1440. The van der Waals surface area contributed by atoms with Crippen LogP contribution in [0.4, 0.5) is 41.2 Å². The number of hydrogen-bond acceptors (Lipinski definition) is 7. The van der Waals surface area contributed by atoms with Crippen LogP contribution in [0.25, 0.3) is 0 Å². The predicted octanol–water partition coefficient (Wildman–Crippen LogP) is 6.28. The number of rotatable bonds is 5. The van der Waals surface area contributed by atoms with E-state index < -0.39 is 23.5 Å². The molecule has 4 heterocycles. The molecule has 0 aliphatic carbocycles. The third-order valence-corrected chi connectivity index (χ3v) is 7.90. The fraction of sp³-hybridized carbons (Fsp3) is 0.448. The molecule has 3 aromatic rings. The lowest BCUT2D eigenvalue weighted by atomic mass is 10.0. The van der Waals surface area contributed by atoms with Gasteiger partial charge in [0.05, 0.1) is 22.6 Å². The van der Waals surface area contributed by atoms with E-state index in [0.29, 0.717) is 62.2 Å². The molecule has 2 N–H and O–H groups in total. The molecule has 5 rings (SSSR count). The van der Waals surface area contributed by atoms with E-state index in [4.69, 9.17) is 16.0 Å². The maximum Gasteiger partial charge on any atom is 0.437 e. The number of piperidine rings is 1. The molecule has 2 aromatic heterocycles. The van der Waals surface area contributed by atoms with Crippen LogP contribution in [-0.4, -0.2) is 66.1 Å². The Morgan fingerprint density at radius 3 is 2.51 bits per heavy atom. The van der Waals surface area contributed by atoms with Gasteiger partial charge in [0.15, 0.2) is 5.69 Å². The molecule has 3 amide bonds. The number of pyridine rings is 1. The second kappa shape index (κ2) is 12.7. The van der Waals surface area contributed by atoms with Gasteiger partial charge in [-0.3, -0.25) is 4.79 Å². The molecule has 1 aromatic carbocycles. The highest BCUT2D eigenvalue weighted by atomic mass is 35.5. The number of oxazole rings is 1. The van der Waals surface area contributed by atoms with Crippen molar-refractivity contribution < 1.29 is 27.2 Å². The molecule has 1 unspecified atom stereocenters. The number of aryl methyl sites for hydroxylation is 1. The maximum atomic E-state index is 13.7. The Morgan fingerprint density at radius 1 is 1.02 bits per heavy atom. The fourth-order valence-electron chi connectivity index (χ4n) is 5.31. The van der Waals surface area contributed by atoms with Crippen molar-refractivity contribution in [3.05, 3.63) is 58.6 Å². The summed E-state index contributed by atoms with van der Waals surface area (Å²) in [7, 11) is 0. The summed E-state index contributed by atoms with van der Waals surface area (Å²) < 4.78 is 46.6. The number of aromatic nitrogens is 2. The minimum atomic E-state index is -4.86. The van der Waals surface area contributed by atoms with Crippen molar-refractivity contribution in [2.45, 2.75) is 39.3 Å². The molecule has 2 saturated heterocycles. The van der Waals surface area contributed by atoms with E-state index in [2.05, 4.69) is 20.6 Å². The Kier molecular flexibility index (Phi) is 9.00. The number of benzene rings is 1. The second-order valence-electron chi connectivity index (χ2n) is 10.9. The molecule has 0 bridgehead atoms. The third-order valence-electron chi connectivity index (χ3n) is 7.58. The molecule has 1 atom stereocenters. The van der Waals surface area contributed by atoms with Crippen LogP contribution >= 0.6 is 11.6 Å². The number of alkyl halides is 3.